The molecule has 0 aromatic heterocycles. The fourth-order valence-corrected chi connectivity index (χ4v) is 2.50. The minimum absolute atomic E-state index is 0. The first-order valence-electron chi connectivity index (χ1n) is 8.71. The molecule has 0 saturated heterocycles. The number of ether oxygens (including phenoxy) is 1. The summed E-state index contributed by atoms with van der Waals surface area (Å²) in [6, 6.07) is 3.05. The Bertz CT molecular complexity index is 604. The topological polar surface area (TPSA) is 107 Å². The molecule has 6 nitrogen and oxygen atoms in total. The van der Waals surface area contributed by atoms with Gasteiger partial charge in [-0.25, -0.2) is 4.79 Å². The summed E-state index contributed by atoms with van der Waals surface area (Å²) in [5.74, 6) is -3.96. The van der Waals surface area contributed by atoms with E-state index in [4.69, 9.17) is 4.74 Å². The summed E-state index contributed by atoms with van der Waals surface area (Å²) in [5, 5.41) is 21.9. The summed E-state index contributed by atoms with van der Waals surface area (Å²) in [6.07, 6.45) is 8.82. The van der Waals surface area contributed by atoms with Crippen molar-refractivity contribution in [3.8, 4) is 0 Å². The Morgan fingerprint density at radius 1 is 0.815 bits per heavy atom. The third-order valence-corrected chi connectivity index (χ3v) is 3.93. The minimum Gasteiger partial charge on any atom is -0.545 e. The largest absolute Gasteiger partial charge is 1.00 e. The van der Waals surface area contributed by atoms with E-state index in [1.807, 2.05) is 0 Å². The molecule has 0 aliphatic rings. The maximum absolute atomic E-state index is 12.0. The van der Waals surface area contributed by atoms with Crippen LogP contribution in [-0.4, -0.2) is 24.5 Å². The van der Waals surface area contributed by atoms with Gasteiger partial charge < -0.3 is 24.5 Å². The van der Waals surface area contributed by atoms with Gasteiger partial charge >= 0.3 is 65.1 Å². The first kappa shape index (κ1) is 28.8. The molecule has 0 bridgehead atoms. The molecule has 0 atom stereocenters. The normalized spacial score (nSPS) is 9.67. The molecular weight excluding hydrogens is 370 g/mol. The summed E-state index contributed by atoms with van der Waals surface area (Å²) < 4.78 is 5.07. The third kappa shape index (κ3) is 11.3. The SMILES string of the molecule is CCCCCCCCCCOC(=O)c1ccc(C(=O)[O-])cc1C(=O)[O-].[Na+].[Na+]. The zero-order chi connectivity index (χ0) is 18.7. The maximum atomic E-state index is 12.0. The number of unbranched alkanes of at least 4 members (excludes halogenated alkanes) is 7. The molecular formula is C19H24Na2O6. The molecule has 0 radical (unpaired) electrons. The third-order valence-electron chi connectivity index (χ3n) is 3.93. The molecule has 0 amide bonds. The smallest absolute Gasteiger partial charge is 0.545 e. The molecule has 0 fully saturated rings. The zero-order valence-corrected chi connectivity index (χ0v) is 20.5. The molecule has 8 heteroatoms. The Morgan fingerprint density at radius 3 is 1.89 bits per heavy atom. The van der Waals surface area contributed by atoms with E-state index in [-0.39, 0.29) is 76.8 Å². The Hall–Kier alpha value is -0.370. The van der Waals surface area contributed by atoms with Crippen molar-refractivity contribution in [2.75, 3.05) is 6.61 Å². The Labute approximate surface area is 204 Å². The van der Waals surface area contributed by atoms with Crippen molar-refractivity contribution in [1.29, 1.82) is 0 Å². The van der Waals surface area contributed by atoms with Crippen molar-refractivity contribution in [2.45, 2.75) is 58.3 Å². The number of benzene rings is 1. The number of hydrogen-bond acceptors (Lipinski definition) is 6. The summed E-state index contributed by atoms with van der Waals surface area (Å²) >= 11 is 0. The Balaban J connectivity index is 0. The number of hydrogen-bond donors (Lipinski definition) is 0. The van der Waals surface area contributed by atoms with Crippen molar-refractivity contribution in [3.05, 3.63) is 34.9 Å². The Morgan fingerprint density at radius 2 is 1.37 bits per heavy atom. The van der Waals surface area contributed by atoms with Gasteiger partial charge in [0, 0.05) is 5.56 Å². The number of carbonyl (C=O) groups excluding carboxylic acids is 3. The monoisotopic (exact) mass is 394 g/mol. The van der Waals surface area contributed by atoms with E-state index in [1.165, 1.54) is 25.7 Å². The van der Waals surface area contributed by atoms with Crippen LogP contribution in [0.3, 0.4) is 0 Å². The quantitative estimate of drug-likeness (QED) is 0.202. The van der Waals surface area contributed by atoms with E-state index < -0.39 is 23.5 Å². The fraction of sp³-hybridized carbons (Fsp3) is 0.526. The average molecular weight is 394 g/mol. The van der Waals surface area contributed by atoms with E-state index >= 15 is 0 Å². The van der Waals surface area contributed by atoms with Crippen molar-refractivity contribution in [1.82, 2.24) is 0 Å². The van der Waals surface area contributed by atoms with Crippen molar-refractivity contribution >= 4 is 17.9 Å². The summed E-state index contributed by atoms with van der Waals surface area (Å²) in [4.78, 5) is 33.8. The van der Waals surface area contributed by atoms with Crippen molar-refractivity contribution in [3.63, 3.8) is 0 Å². The predicted molar refractivity (Wildman–Crippen MR) is 88.0 cm³/mol. The van der Waals surface area contributed by atoms with Gasteiger partial charge in [0.25, 0.3) is 0 Å². The van der Waals surface area contributed by atoms with Crippen LogP contribution in [0.15, 0.2) is 18.2 Å². The van der Waals surface area contributed by atoms with Crippen LogP contribution in [0.25, 0.3) is 0 Å². The molecule has 138 valence electrons. The van der Waals surface area contributed by atoms with Crippen LogP contribution in [0, 0.1) is 0 Å². The molecule has 1 rings (SSSR count). The van der Waals surface area contributed by atoms with Crippen molar-refractivity contribution < 1.29 is 88.4 Å². The van der Waals surface area contributed by atoms with Gasteiger partial charge in [0.05, 0.1) is 24.1 Å². The number of carboxylic acid groups (broad SMARTS) is 2. The van der Waals surface area contributed by atoms with Crippen LogP contribution in [0.5, 0.6) is 0 Å². The minimum atomic E-state index is -1.64. The van der Waals surface area contributed by atoms with Crippen LogP contribution >= 0.6 is 0 Å². The first-order valence-corrected chi connectivity index (χ1v) is 8.71. The van der Waals surface area contributed by atoms with Crippen LogP contribution in [-0.2, 0) is 4.74 Å². The van der Waals surface area contributed by atoms with Gasteiger partial charge in [0.2, 0.25) is 0 Å². The molecule has 0 unspecified atom stereocenters. The fourth-order valence-electron chi connectivity index (χ4n) is 2.50. The standard InChI is InChI=1S/C19H26O6.2Na/c1-2-3-4-5-6-7-8-9-12-25-19(24)15-11-10-14(17(20)21)13-16(15)18(22)23;;/h10-11,13H,2-9,12H2,1H3,(H,20,21)(H,22,23);;/q;2*+1/p-2. The molecule has 27 heavy (non-hydrogen) atoms. The zero-order valence-electron chi connectivity index (χ0n) is 16.5. The van der Waals surface area contributed by atoms with E-state index in [0.29, 0.717) is 6.42 Å². The van der Waals surface area contributed by atoms with E-state index in [2.05, 4.69) is 6.92 Å². The van der Waals surface area contributed by atoms with Gasteiger partial charge in [-0.3, -0.25) is 0 Å². The summed E-state index contributed by atoms with van der Waals surface area (Å²) in [6.45, 7) is 2.37. The van der Waals surface area contributed by atoms with Crippen LogP contribution in [0.4, 0.5) is 0 Å². The molecule has 0 spiro atoms. The van der Waals surface area contributed by atoms with Gasteiger partial charge in [-0.05, 0) is 24.1 Å². The van der Waals surface area contributed by atoms with Gasteiger partial charge in [-0.15, -0.1) is 0 Å². The number of carbonyl (C=O) groups is 3. The molecule has 1 aromatic carbocycles. The van der Waals surface area contributed by atoms with Gasteiger partial charge in [-0.2, -0.15) is 0 Å². The number of aromatic carboxylic acids is 2. The average Bonchev–Trinajstić information content (AvgIpc) is 2.59. The molecule has 0 N–H and O–H groups in total. The van der Waals surface area contributed by atoms with Gasteiger partial charge in [0.15, 0.2) is 0 Å². The number of rotatable bonds is 12. The molecule has 0 saturated carbocycles. The van der Waals surface area contributed by atoms with Crippen LogP contribution in [0.1, 0.15) is 89.4 Å². The second-order valence-corrected chi connectivity index (χ2v) is 5.95. The van der Waals surface area contributed by atoms with Gasteiger partial charge in [0.1, 0.15) is 0 Å². The predicted octanol–water partition coefficient (Wildman–Crippen LogP) is -4.28. The number of esters is 1. The van der Waals surface area contributed by atoms with E-state index in [1.54, 1.807) is 0 Å². The van der Waals surface area contributed by atoms with Crippen LogP contribution in [0.2, 0.25) is 0 Å². The molecule has 1 aromatic rings. The maximum Gasteiger partial charge on any atom is 1.00 e. The van der Waals surface area contributed by atoms with Crippen molar-refractivity contribution in [2.24, 2.45) is 0 Å². The molecule has 0 aliphatic carbocycles. The second kappa shape index (κ2) is 16.6. The molecule has 0 aliphatic heterocycles. The van der Waals surface area contributed by atoms with Gasteiger partial charge in [-0.1, -0.05) is 57.9 Å². The summed E-state index contributed by atoms with van der Waals surface area (Å²) in [7, 11) is 0. The molecule has 0 heterocycles. The Kier molecular flexibility index (Phi) is 17.7. The number of carboxylic acids is 2. The summed E-state index contributed by atoms with van der Waals surface area (Å²) in [5.41, 5.74) is -1.06. The van der Waals surface area contributed by atoms with E-state index in [9.17, 15) is 24.6 Å². The second-order valence-electron chi connectivity index (χ2n) is 5.95. The van der Waals surface area contributed by atoms with Crippen LogP contribution < -0.4 is 69.3 Å². The van der Waals surface area contributed by atoms with E-state index in [0.717, 1.165) is 37.5 Å². The first-order chi connectivity index (χ1) is 12.0.